The molecule has 0 amide bonds. The molecule has 1 saturated carbocycles. The normalized spacial score (nSPS) is 15.7. The van der Waals surface area contributed by atoms with Crippen LogP contribution < -0.4 is 5.56 Å². The molecule has 0 atom stereocenters. The zero-order chi connectivity index (χ0) is 14.8. The van der Waals surface area contributed by atoms with Gasteiger partial charge < -0.3 is 5.11 Å². The number of nitrogens with zero attached hydrogens (tertiary/aromatic N) is 4. The highest BCUT2D eigenvalue weighted by Gasteiger charge is 2.22. The average Bonchev–Trinajstić information content (AvgIpc) is 3.07. The van der Waals surface area contributed by atoms with Crippen molar-refractivity contribution < 1.29 is 5.11 Å². The first kappa shape index (κ1) is 14.2. The first-order chi connectivity index (χ1) is 10.1. The Balaban J connectivity index is 1.87. The molecule has 6 nitrogen and oxygen atoms in total. The van der Waals surface area contributed by atoms with Crippen molar-refractivity contribution in [3.8, 4) is 5.88 Å². The number of aromatic hydroxyl groups is 1. The molecule has 2 heterocycles. The SMILES string of the molecule is Cn1cc(CSc2nc(O)cc(=O)n2C2CCCC2)cn1. The zero-order valence-corrected chi connectivity index (χ0v) is 12.7. The fraction of sp³-hybridized carbons (Fsp3) is 0.500. The van der Waals surface area contributed by atoms with Crippen molar-refractivity contribution in [2.45, 2.75) is 42.6 Å². The van der Waals surface area contributed by atoms with E-state index in [1.807, 2.05) is 13.2 Å². The van der Waals surface area contributed by atoms with Crippen molar-refractivity contribution >= 4 is 11.8 Å². The van der Waals surface area contributed by atoms with Gasteiger partial charge in [0.25, 0.3) is 5.56 Å². The minimum Gasteiger partial charge on any atom is -0.493 e. The Morgan fingerprint density at radius 2 is 2.19 bits per heavy atom. The Hall–Kier alpha value is -1.76. The predicted octanol–water partition coefficient (Wildman–Crippen LogP) is 2.09. The van der Waals surface area contributed by atoms with E-state index in [0.29, 0.717) is 10.9 Å². The summed E-state index contributed by atoms with van der Waals surface area (Å²) in [6.07, 6.45) is 8.04. The van der Waals surface area contributed by atoms with Gasteiger partial charge in [-0.15, -0.1) is 0 Å². The summed E-state index contributed by atoms with van der Waals surface area (Å²) in [5.41, 5.74) is 0.904. The molecule has 0 aliphatic heterocycles. The zero-order valence-electron chi connectivity index (χ0n) is 11.9. The molecule has 3 rings (SSSR count). The molecule has 2 aromatic rings. The Kier molecular flexibility index (Phi) is 4.01. The molecule has 21 heavy (non-hydrogen) atoms. The van der Waals surface area contributed by atoms with E-state index in [4.69, 9.17) is 0 Å². The molecule has 0 spiro atoms. The summed E-state index contributed by atoms with van der Waals surface area (Å²) >= 11 is 1.47. The van der Waals surface area contributed by atoms with E-state index in [-0.39, 0.29) is 17.5 Å². The van der Waals surface area contributed by atoms with Crippen LogP contribution in [0.15, 0.2) is 28.4 Å². The number of hydrogen-bond acceptors (Lipinski definition) is 5. The Morgan fingerprint density at radius 1 is 1.43 bits per heavy atom. The van der Waals surface area contributed by atoms with Crippen LogP contribution in [0.3, 0.4) is 0 Å². The molecule has 0 unspecified atom stereocenters. The monoisotopic (exact) mass is 306 g/mol. The van der Waals surface area contributed by atoms with Gasteiger partial charge in [-0.25, -0.2) is 0 Å². The number of aromatic nitrogens is 4. The lowest BCUT2D eigenvalue weighted by Crippen LogP contribution is -2.25. The topological polar surface area (TPSA) is 72.9 Å². The quantitative estimate of drug-likeness (QED) is 0.691. The van der Waals surface area contributed by atoms with Crippen LogP contribution in [-0.2, 0) is 12.8 Å². The lowest BCUT2D eigenvalue weighted by molar-refractivity contribution is 0.406. The van der Waals surface area contributed by atoms with Crippen molar-refractivity contribution in [3.63, 3.8) is 0 Å². The van der Waals surface area contributed by atoms with E-state index in [9.17, 15) is 9.90 Å². The van der Waals surface area contributed by atoms with Gasteiger partial charge in [0.15, 0.2) is 5.16 Å². The molecule has 7 heteroatoms. The van der Waals surface area contributed by atoms with Crippen LogP contribution in [-0.4, -0.2) is 24.4 Å². The van der Waals surface area contributed by atoms with Crippen LogP contribution in [0.1, 0.15) is 37.3 Å². The third-order valence-electron chi connectivity index (χ3n) is 3.72. The highest BCUT2D eigenvalue weighted by molar-refractivity contribution is 7.98. The van der Waals surface area contributed by atoms with Crippen molar-refractivity contribution in [2.24, 2.45) is 7.05 Å². The van der Waals surface area contributed by atoms with Crippen LogP contribution in [0.2, 0.25) is 0 Å². The molecule has 1 fully saturated rings. The molecule has 1 N–H and O–H groups in total. The first-order valence-corrected chi connectivity index (χ1v) is 8.05. The number of hydrogen-bond donors (Lipinski definition) is 1. The van der Waals surface area contributed by atoms with E-state index in [2.05, 4.69) is 10.1 Å². The van der Waals surface area contributed by atoms with E-state index in [0.717, 1.165) is 31.2 Å². The van der Waals surface area contributed by atoms with Gasteiger partial charge in [0, 0.05) is 30.6 Å². The molecular formula is C14H18N4O2S. The highest BCUT2D eigenvalue weighted by Crippen LogP contribution is 2.32. The van der Waals surface area contributed by atoms with Crippen LogP contribution >= 0.6 is 11.8 Å². The second-order valence-corrected chi connectivity index (χ2v) is 6.30. The molecule has 2 aromatic heterocycles. The van der Waals surface area contributed by atoms with E-state index < -0.39 is 0 Å². The van der Waals surface area contributed by atoms with Crippen LogP contribution in [0.4, 0.5) is 0 Å². The van der Waals surface area contributed by atoms with Gasteiger partial charge in [-0.3, -0.25) is 14.0 Å². The fourth-order valence-electron chi connectivity index (χ4n) is 2.75. The number of aryl methyl sites for hydroxylation is 1. The maximum atomic E-state index is 12.2. The maximum absolute atomic E-state index is 12.2. The maximum Gasteiger partial charge on any atom is 0.258 e. The summed E-state index contributed by atoms with van der Waals surface area (Å²) in [5.74, 6) is 0.471. The summed E-state index contributed by atoms with van der Waals surface area (Å²) < 4.78 is 3.49. The highest BCUT2D eigenvalue weighted by atomic mass is 32.2. The van der Waals surface area contributed by atoms with Crippen LogP contribution in [0, 0.1) is 0 Å². The molecule has 0 bridgehead atoms. The molecule has 1 aliphatic rings. The summed E-state index contributed by atoms with van der Waals surface area (Å²) in [7, 11) is 1.87. The Morgan fingerprint density at radius 3 is 2.86 bits per heavy atom. The molecule has 0 aromatic carbocycles. The van der Waals surface area contributed by atoms with Gasteiger partial charge in [-0.1, -0.05) is 24.6 Å². The minimum atomic E-state index is -0.206. The van der Waals surface area contributed by atoms with Crippen molar-refractivity contribution in [1.29, 1.82) is 0 Å². The molecule has 1 aliphatic carbocycles. The van der Waals surface area contributed by atoms with Gasteiger partial charge in [0.05, 0.1) is 12.3 Å². The summed E-state index contributed by atoms with van der Waals surface area (Å²) in [5, 5.41) is 14.3. The second kappa shape index (κ2) is 5.93. The number of rotatable bonds is 4. The Bertz CT molecular complexity index is 689. The van der Waals surface area contributed by atoms with Gasteiger partial charge in [-0.2, -0.15) is 10.1 Å². The lowest BCUT2D eigenvalue weighted by atomic mass is 10.2. The van der Waals surface area contributed by atoms with Crippen LogP contribution in [0.25, 0.3) is 0 Å². The van der Waals surface area contributed by atoms with Crippen molar-refractivity contribution in [3.05, 3.63) is 34.4 Å². The Labute approximate surface area is 126 Å². The number of thioether (sulfide) groups is 1. The van der Waals surface area contributed by atoms with E-state index >= 15 is 0 Å². The van der Waals surface area contributed by atoms with Gasteiger partial charge in [0.1, 0.15) is 0 Å². The fourth-order valence-corrected chi connectivity index (χ4v) is 3.73. The molecular weight excluding hydrogens is 288 g/mol. The molecule has 0 radical (unpaired) electrons. The summed E-state index contributed by atoms with van der Waals surface area (Å²) in [6, 6.07) is 1.41. The largest absolute Gasteiger partial charge is 0.493 e. The third kappa shape index (κ3) is 3.12. The third-order valence-corrected chi connectivity index (χ3v) is 4.75. The summed E-state index contributed by atoms with van der Waals surface area (Å²) in [4.78, 5) is 16.4. The van der Waals surface area contributed by atoms with Crippen molar-refractivity contribution in [2.75, 3.05) is 0 Å². The molecule has 0 saturated heterocycles. The van der Waals surface area contributed by atoms with Gasteiger partial charge >= 0.3 is 0 Å². The van der Waals surface area contributed by atoms with Gasteiger partial charge in [-0.05, 0) is 12.8 Å². The van der Waals surface area contributed by atoms with Crippen molar-refractivity contribution in [1.82, 2.24) is 19.3 Å². The summed E-state index contributed by atoms with van der Waals surface area (Å²) in [6.45, 7) is 0. The molecule has 112 valence electrons. The second-order valence-electron chi connectivity index (χ2n) is 5.35. The average molecular weight is 306 g/mol. The van der Waals surface area contributed by atoms with E-state index in [1.165, 1.54) is 17.8 Å². The standard InChI is InChI=1S/C14H18N4O2S/c1-17-8-10(7-15-17)9-21-14-16-12(19)6-13(20)18(14)11-4-2-3-5-11/h6-8,11,19H,2-5,9H2,1H3. The smallest absolute Gasteiger partial charge is 0.258 e. The van der Waals surface area contributed by atoms with Gasteiger partial charge in [0.2, 0.25) is 5.88 Å². The lowest BCUT2D eigenvalue weighted by Gasteiger charge is -2.17. The van der Waals surface area contributed by atoms with Crippen LogP contribution in [0.5, 0.6) is 5.88 Å². The first-order valence-electron chi connectivity index (χ1n) is 7.06. The predicted molar refractivity (Wildman–Crippen MR) is 80.4 cm³/mol. The minimum absolute atomic E-state index is 0.164. The van der Waals surface area contributed by atoms with E-state index in [1.54, 1.807) is 15.4 Å².